The molecule has 6 aromatic carbocycles. The molecule has 0 saturated carbocycles. The first-order chi connectivity index (χ1) is 19.8. The Kier molecular flexibility index (Phi) is 5.41. The molecule has 6 heteroatoms. The summed E-state index contributed by atoms with van der Waals surface area (Å²) in [5, 5.41) is 7.03. The highest BCUT2D eigenvalue weighted by atomic mass is 27.2. The number of benzene rings is 6. The van der Waals surface area contributed by atoms with E-state index in [1.807, 2.05) is 66.9 Å². The number of fused-ring (bicyclic) bond motifs is 1. The van der Waals surface area contributed by atoms with E-state index in [4.69, 9.17) is 17.5 Å². The molecule has 2 aromatic heterocycles. The van der Waals surface area contributed by atoms with Crippen molar-refractivity contribution in [2.75, 3.05) is 0 Å². The van der Waals surface area contributed by atoms with Gasteiger partial charge in [0, 0.05) is 22.7 Å². The number of imidazole rings is 1. The van der Waals surface area contributed by atoms with Crippen LogP contribution in [0.2, 0.25) is 0 Å². The number of hydrogen-bond acceptors (Lipinski definition) is 4. The predicted molar refractivity (Wildman–Crippen MR) is 161 cm³/mol. The lowest BCUT2D eigenvalue weighted by molar-refractivity contribution is 0.462. The molecule has 0 unspecified atom stereocenters. The van der Waals surface area contributed by atoms with Gasteiger partial charge in [0.15, 0.2) is 11.5 Å². The fourth-order valence-electron chi connectivity index (χ4n) is 5.62. The highest BCUT2D eigenvalue weighted by Gasteiger charge is 2.23. The molecule has 0 atom stereocenters. The summed E-state index contributed by atoms with van der Waals surface area (Å²) in [4.78, 5) is 9.83. The summed E-state index contributed by atoms with van der Waals surface area (Å²) in [6, 6.07) is 41.3. The van der Waals surface area contributed by atoms with Gasteiger partial charge in [-0.25, -0.2) is 9.97 Å². The first-order valence-corrected chi connectivity index (χ1v) is 14.1. The van der Waals surface area contributed by atoms with E-state index in [2.05, 4.69) is 65.2 Å². The first kappa shape index (κ1) is 23.0. The molecule has 0 saturated heterocycles. The van der Waals surface area contributed by atoms with E-state index >= 15 is 0 Å². The Morgan fingerprint density at radius 3 is 2.20 bits per heavy atom. The minimum Gasteiger partial charge on any atom is -0.616 e. The van der Waals surface area contributed by atoms with Gasteiger partial charge in [-0.05, 0) is 64.0 Å². The van der Waals surface area contributed by atoms with Crippen molar-refractivity contribution >= 4 is 59.4 Å². The van der Waals surface area contributed by atoms with Gasteiger partial charge in [-0.1, -0.05) is 78.9 Å². The predicted octanol–water partition coefficient (Wildman–Crippen LogP) is 7.98. The number of para-hydroxylation sites is 2. The molecule has 1 radical (unpaired) electrons. The Balaban J connectivity index is 1.41. The lowest BCUT2D eigenvalue weighted by Crippen LogP contribution is -2.12. The van der Waals surface area contributed by atoms with Crippen molar-refractivity contribution in [3.63, 3.8) is 0 Å². The average Bonchev–Trinajstić information content (AvgIpc) is 3.41. The summed E-state index contributed by atoms with van der Waals surface area (Å²) < 4.78 is 14.8. The van der Waals surface area contributed by atoms with E-state index < -0.39 is 15.9 Å². The van der Waals surface area contributed by atoms with Crippen molar-refractivity contribution in [3.05, 3.63) is 128 Å². The third-order valence-corrected chi connectivity index (χ3v) is 8.06. The number of pyridine rings is 1. The minimum absolute atomic E-state index is 0.768. The number of nitrogens with zero attached hydrogens (tertiary/aromatic N) is 3. The van der Waals surface area contributed by atoms with Crippen LogP contribution in [0, 0.1) is 0 Å². The second-order valence-electron chi connectivity index (χ2n) is 9.71. The van der Waals surface area contributed by atoms with Gasteiger partial charge < -0.3 is 7.58 Å². The van der Waals surface area contributed by atoms with E-state index in [0.29, 0.717) is 0 Å². The van der Waals surface area contributed by atoms with Crippen LogP contribution in [-0.4, -0.2) is 30.4 Å². The number of aromatic nitrogens is 3. The summed E-state index contributed by atoms with van der Waals surface area (Å²) in [7, 11) is 0. The van der Waals surface area contributed by atoms with Gasteiger partial charge in [0.05, 0.1) is 11.3 Å². The Hall–Kier alpha value is -4.89. The summed E-state index contributed by atoms with van der Waals surface area (Å²) in [6.07, 6.45) is 1.81. The summed E-state index contributed by atoms with van der Waals surface area (Å²) in [5.74, 6) is 2.33. The van der Waals surface area contributed by atoms with E-state index in [9.17, 15) is 0 Å². The highest BCUT2D eigenvalue weighted by molar-refractivity contribution is 6.27. The molecule has 0 fully saturated rings. The molecule has 8 aromatic rings. The average molecular weight is 531 g/mol. The smallest absolute Gasteiger partial charge is 0.616 e. The summed E-state index contributed by atoms with van der Waals surface area (Å²) >= 11 is -0.834. The fourth-order valence-corrected chi connectivity index (χ4v) is 6.29. The molecule has 0 aliphatic rings. The SMILES string of the molecule is c1ccc([O][Al][O]c2c(-c3nc4cccnc4n3-c3ccccc3)cc3ccc4cccc5ccc2c3c45)cc1. The maximum absolute atomic E-state index is 6.63. The molecule has 0 N–H and O–H groups in total. The van der Waals surface area contributed by atoms with Gasteiger partial charge in [-0.2, -0.15) is 0 Å². The largest absolute Gasteiger partial charge is 0.881 e. The number of rotatable bonds is 6. The normalized spacial score (nSPS) is 11.5. The van der Waals surface area contributed by atoms with Crippen molar-refractivity contribution in [2.45, 2.75) is 0 Å². The quantitative estimate of drug-likeness (QED) is 0.162. The maximum Gasteiger partial charge on any atom is 0.881 e. The lowest BCUT2D eigenvalue weighted by Gasteiger charge is -2.19. The molecule has 0 amide bonds. The standard InChI is InChI=1S/C28H17N3O.C6H6O.Al/c32-26-21-14-13-18-7-4-6-17-11-12-19(25(21)24(17)18)16-22(26)27-30-23-10-5-15-29-28(23)31(27)20-8-2-1-3-9-20;7-6-4-2-1-3-5-6;/h1-16,32H;1-5,7H;/q;;+2/p-2. The van der Waals surface area contributed by atoms with Crippen LogP contribution in [-0.2, 0) is 0 Å². The van der Waals surface area contributed by atoms with E-state index in [1.54, 1.807) is 0 Å². The fraction of sp³-hybridized carbons (Fsp3) is 0. The van der Waals surface area contributed by atoms with Crippen molar-refractivity contribution in [1.29, 1.82) is 0 Å². The van der Waals surface area contributed by atoms with E-state index in [1.165, 1.54) is 21.5 Å². The van der Waals surface area contributed by atoms with Crippen molar-refractivity contribution < 1.29 is 7.58 Å². The minimum atomic E-state index is -0.834. The molecule has 0 aliphatic carbocycles. The van der Waals surface area contributed by atoms with Gasteiger partial charge in [0.25, 0.3) is 0 Å². The van der Waals surface area contributed by atoms with Crippen molar-refractivity contribution in [3.8, 4) is 28.6 Å². The third-order valence-electron chi connectivity index (χ3n) is 7.36. The Morgan fingerprint density at radius 1 is 0.625 bits per heavy atom. The zero-order valence-electron chi connectivity index (χ0n) is 21.4. The van der Waals surface area contributed by atoms with Crippen LogP contribution in [0.15, 0.2) is 128 Å². The molecule has 8 rings (SSSR count). The van der Waals surface area contributed by atoms with Gasteiger partial charge in [-0.15, -0.1) is 0 Å². The molecule has 0 bridgehead atoms. The Morgan fingerprint density at radius 2 is 1.38 bits per heavy atom. The van der Waals surface area contributed by atoms with Crippen LogP contribution in [0.25, 0.3) is 60.6 Å². The monoisotopic (exact) mass is 530 g/mol. The van der Waals surface area contributed by atoms with Crippen LogP contribution in [0.1, 0.15) is 0 Å². The molecule has 40 heavy (non-hydrogen) atoms. The van der Waals surface area contributed by atoms with Crippen LogP contribution >= 0.6 is 0 Å². The highest BCUT2D eigenvalue weighted by Crippen LogP contribution is 2.44. The van der Waals surface area contributed by atoms with E-state index in [0.717, 1.165) is 50.5 Å². The second kappa shape index (κ2) is 9.39. The van der Waals surface area contributed by atoms with Gasteiger partial charge >= 0.3 is 15.9 Å². The molecular weight excluding hydrogens is 509 g/mol. The van der Waals surface area contributed by atoms with Gasteiger partial charge in [0.1, 0.15) is 11.3 Å². The third kappa shape index (κ3) is 3.70. The van der Waals surface area contributed by atoms with E-state index in [-0.39, 0.29) is 0 Å². The number of hydrogen-bond donors (Lipinski definition) is 0. The zero-order chi connectivity index (χ0) is 26.5. The molecule has 5 nitrogen and oxygen atoms in total. The first-order valence-electron chi connectivity index (χ1n) is 13.1. The summed E-state index contributed by atoms with van der Waals surface area (Å²) in [6.45, 7) is 0. The van der Waals surface area contributed by atoms with Gasteiger partial charge in [-0.3, -0.25) is 4.57 Å². The lowest BCUT2D eigenvalue weighted by atomic mass is 9.92. The van der Waals surface area contributed by atoms with Gasteiger partial charge in [0.2, 0.25) is 0 Å². The molecule has 187 valence electrons. The molecule has 2 heterocycles. The maximum atomic E-state index is 6.63. The van der Waals surface area contributed by atoms with Crippen LogP contribution < -0.4 is 7.58 Å². The van der Waals surface area contributed by atoms with Crippen molar-refractivity contribution in [2.24, 2.45) is 0 Å². The molecule has 0 spiro atoms. The van der Waals surface area contributed by atoms with Crippen LogP contribution in [0.4, 0.5) is 0 Å². The molecular formula is C34H21AlN3O2. The Bertz CT molecular complexity index is 2130. The molecule has 0 aliphatic heterocycles. The van der Waals surface area contributed by atoms with Crippen LogP contribution in [0.3, 0.4) is 0 Å². The second-order valence-corrected chi connectivity index (χ2v) is 10.4. The zero-order valence-corrected chi connectivity index (χ0v) is 22.5. The van der Waals surface area contributed by atoms with Crippen LogP contribution in [0.5, 0.6) is 11.5 Å². The summed E-state index contributed by atoms with van der Waals surface area (Å²) in [5.41, 5.74) is 3.51. The van der Waals surface area contributed by atoms with Crippen molar-refractivity contribution in [1.82, 2.24) is 14.5 Å². The topological polar surface area (TPSA) is 49.2 Å². The Labute approximate surface area is 237 Å².